The molecule has 3 heterocycles. The van der Waals surface area contributed by atoms with Gasteiger partial charge in [-0.05, 0) is 38.0 Å². The zero-order valence-corrected chi connectivity index (χ0v) is 14.6. The van der Waals surface area contributed by atoms with E-state index in [-0.39, 0.29) is 5.91 Å². The molecule has 0 radical (unpaired) electrons. The zero-order chi connectivity index (χ0) is 17.9. The van der Waals surface area contributed by atoms with Crippen molar-refractivity contribution < 1.29 is 9.53 Å². The summed E-state index contributed by atoms with van der Waals surface area (Å²) in [4.78, 5) is 12.7. The number of aryl methyl sites for hydroxylation is 1. The van der Waals surface area contributed by atoms with Crippen LogP contribution < -0.4 is 5.32 Å². The van der Waals surface area contributed by atoms with E-state index in [0.717, 1.165) is 37.4 Å². The lowest BCUT2D eigenvalue weighted by Gasteiger charge is -2.22. The van der Waals surface area contributed by atoms with Crippen LogP contribution >= 0.6 is 0 Å². The second-order valence-corrected chi connectivity index (χ2v) is 6.40. The Morgan fingerprint density at radius 2 is 1.92 bits per heavy atom. The second kappa shape index (κ2) is 7.13. The van der Waals surface area contributed by atoms with Crippen molar-refractivity contribution in [3.63, 3.8) is 0 Å². The normalized spacial score (nSPS) is 15.1. The Bertz CT molecular complexity index is 894. The highest BCUT2D eigenvalue weighted by molar-refractivity contribution is 6.02. The molecule has 134 valence electrons. The Kier molecular flexibility index (Phi) is 4.53. The highest BCUT2D eigenvalue weighted by Crippen LogP contribution is 2.21. The maximum Gasteiger partial charge on any atom is 0.277 e. The van der Waals surface area contributed by atoms with E-state index in [1.165, 1.54) is 0 Å². The minimum atomic E-state index is -0.243. The van der Waals surface area contributed by atoms with Crippen molar-refractivity contribution in [1.82, 2.24) is 19.6 Å². The van der Waals surface area contributed by atoms with Crippen LogP contribution in [0.1, 0.15) is 35.1 Å². The first-order valence-corrected chi connectivity index (χ1v) is 8.77. The molecule has 1 saturated heterocycles. The van der Waals surface area contributed by atoms with Crippen molar-refractivity contribution in [3.8, 4) is 5.69 Å². The minimum Gasteiger partial charge on any atom is -0.381 e. The molecule has 0 unspecified atom stereocenters. The van der Waals surface area contributed by atoms with E-state index in [9.17, 15) is 4.79 Å². The first kappa shape index (κ1) is 16.5. The van der Waals surface area contributed by atoms with Crippen LogP contribution in [0, 0.1) is 6.92 Å². The van der Waals surface area contributed by atoms with Gasteiger partial charge in [0.25, 0.3) is 5.91 Å². The van der Waals surface area contributed by atoms with E-state index in [0.29, 0.717) is 17.6 Å². The monoisotopic (exact) mass is 351 g/mol. The van der Waals surface area contributed by atoms with Gasteiger partial charge >= 0.3 is 0 Å². The van der Waals surface area contributed by atoms with Gasteiger partial charge in [0.15, 0.2) is 5.69 Å². The summed E-state index contributed by atoms with van der Waals surface area (Å²) in [5, 5.41) is 11.9. The summed E-state index contributed by atoms with van der Waals surface area (Å²) in [6.45, 7) is 3.37. The molecule has 1 amide bonds. The number of carbonyl (C=O) groups is 1. The molecule has 0 aliphatic carbocycles. The Hall–Kier alpha value is -2.93. The SMILES string of the molecule is Cc1cc(NC(=O)c2ccn(C3CCOCC3)n2)n(-c2ccccc2)n1. The van der Waals surface area contributed by atoms with Gasteiger partial charge in [0.1, 0.15) is 5.82 Å². The average Bonchev–Trinajstić information content (AvgIpc) is 3.30. The molecule has 7 nitrogen and oxygen atoms in total. The lowest BCUT2D eigenvalue weighted by atomic mass is 10.1. The third kappa shape index (κ3) is 3.39. The molecule has 1 aromatic carbocycles. The van der Waals surface area contributed by atoms with Crippen LogP contribution in [0.25, 0.3) is 5.69 Å². The number of benzene rings is 1. The Morgan fingerprint density at radius 1 is 1.15 bits per heavy atom. The fourth-order valence-corrected chi connectivity index (χ4v) is 3.15. The summed E-state index contributed by atoms with van der Waals surface area (Å²) >= 11 is 0. The topological polar surface area (TPSA) is 74.0 Å². The maximum absolute atomic E-state index is 12.7. The highest BCUT2D eigenvalue weighted by atomic mass is 16.5. The summed E-state index contributed by atoms with van der Waals surface area (Å²) in [5.74, 6) is 0.382. The number of amides is 1. The predicted octanol–water partition coefficient (Wildman–Crippen LogP) is 2.98. The largest absolute Gasteiger partial charge is 0.381 e. The highest BCUT2D eigenvalue weighted by Gasteiger charge is 2.19. The molecule has 1 fully saturated rings. The first-order valence-electron chi connectivity index (χ1n) is 8.77. The van der Waals surface area contributed by atoms with Crippen LogP contribution in [0.5, 0.6) is 0 Å². The predicted molar refractivity (Wildman–Crippen MR) is 97.6 cm³/mol. The van der Waals surface area contributed by atoms with Crippen LogP contribution in [0.15, 0.2) is 48.7 Å². The molecule has 0 spiro atoms. The Labute approximate surface area is 151 Å². The molecule has 0 saturated carbocycles. The van der Waals surface area contributed by atoms with Gasteiger partial charge in [-0.3, -0.25) is 9.48 Å². The van der Waals surface area contributed by atoms with E-state index < -0.39 is 0 Å². The van der Waals surface area contributed by atoms with Crippen molar-refractivity contribution >= 4 is 11.7 Å². The molecule has 3 aromatic rings. The molecular formula is C19H21N5O2. The van der Waals surface area contributed by atoms with Gasteiger partial charge in [0.05, 0.1) is 17.4 Å². The third-order valence-electron chi connectivity index (χ3n) is 4.48. The lowest BCUT2D eigenvalue weighted by molar-refractivity contribution is 0.0661. The van der Waals surface area contributed by atoms with Gasteiger partial charge in [-0.25, -0.2) is 4.68 Å². The quantitative estimate of drug-likeness (QED) is 0.784. The molecule has 7 heteroatoms. The zero-order valence-electron chi connectivity index (χ0n) is 14.6. The summed E-state index contributed by atoms with van der Waals surface area (Å²) in [6, 6.07) is 13.6. The fraction of sp³-hybridized carbons (Fsp3) is 0.316. The fourth-order valence-electron chi connectivity index (χ4n) is 3.15. The number of aromatic nitrogens is 4. The molecule has 2 aromatic heterocycles. The molecular weight excluding hydrogens is 330 g/mol. The number of nitrogens with one attached hydrogen (secondary N) is 1. The average molecular weight is 351 g/mol. The van der Waals surface area contributed by atoms with Gasteiger partial charge in [-0.2, -0.15) is 10.2 Å². The van der Waals surface area contributed by atoms with Crippen molar-refractivity contribution in [2.45, 2.75) is 25.8 Å². The van der Waals surface area contributed by atoms with Crippen molar-refractivity contribution in [3.05, 3.63) is 60.0 Å². The van der Waals surface area contributed by atoms with Gasteiger partial charge in [0.2, 0.25) is 0 Å². The maximum atomic E-state index is 12.7. The number of ether oxygens (including phenoxy) is 1. The lowest BCUT2D eigenvalue weighted by Crippen LogP contribution is -2.21. The number of anilines is 1. The van der Waals surface area contributed by atoms with Crippen LogP contribution in [0.2, 0.25) is 0 Å². The first-order chi connectivity index (χ1) is 12.7. The molecule has 1 aliphatic rings. The van der Waals surface area contributed by atoms with Crippen LogP contribution in [-0.4, -0.2) is 38.7 Å². The van der Waals surface area contributed by atoms with Crippen LogP contribution in [0.3, 0.4) is 0 Å². The molecule has 0 atom stereocenters. The molecule has 26 heavy (non-hydrogen) atoms. The van der Waals surface area contributed by atoms with Crippen LogP contribution in [-0.2, 0) is 4.74 Å². The summed E-state index contributed by atoms with van der Waals surface area (Å²) in [7, 11) is 0. The smallest absolute Gasteiger partial charge is 0.277 e. The molecule has 0 bridgehead atoms. The summed E-state index contributed by atoms with van der Waals surface area (Å²) in [6.07, 6.45) is 3.70. The summed E-state index contributed by atoms with van der Waals surface area (Å²) < 4.78 is 8.98. The van der Waals surface area contributed by atoms with E-state index in [2.05, 4.69) is 15.5 Å². The number of rotatable bonds is 4. The van der Waals surface area contributed by atoms with Gasteiger partial charge in [-0.1, -0.05) is 18.2 Å². The molecule has 1 N–H and O–H groups in total. The van der Waals surface area contributed by atoms with Crippen molar-refractivity contribution in [2.75, 3.05) is 18.5 Å². The van der Waals surface area contributed by atoms with Gasteiger partial charge in [0, 0.05) is 25.5 Å². The van der Waals surface area contributed by atoms with Gasteiger partial charge in [-0.15, -0.1) is 0 Å². The minimum absolute atomic E-state index is 0.243. The van der Waals surface area contributed by atoms with E-state index in [4.69, 9.17) is 4.74 Å². The Morgan fingerprint density at radius 3 is 2.69 bits per heavy atom. The second-order valence-electron chi connectivity index (χ2n) is 6.40. The molecule has 4 rings (SSSR count). The number of para-hydroxylation sites is 1. The summed E-state index contributed by atoms with van der Waals surface area (Å²) in [5.41, 5.74) is 2.12. The number of nitrogens with zero attached hydrogens (tertiary/aromatic N) is 4. The van der Waals surface area contributed by atoms with Crippen molar-refractivity contribution in [2.24, 2.45) is 0 Å². The van der Waals surface area contributed by atoms with E-state index >= 15 is 0 Å². The third-order valence-corrected chi connectivity index (χ3v) is 4.48. The number of hydrogen-bond donors (Lipinski definition) is 1. The van der Waals surface area contributed by atoms with E-state index in [1.807, 2.05) is 54.2 Å². The molecule has 1 aliphatic heterocycles. The number of hydrogen-bond acceptors (Lipinski definition) is 4. The Balaban J connectivity index is 1.53. The standard InChI is InChI=1S/C19H21N5O2/c1-14-13-18(24(21-14)16-5-3-2-4-6-16)20-19(25)17-7-10-23(22-17)15-8-11-26-12-9-15/h2-7,10,13,15H,8-9,11-12H2,1H3,(H,20,25). The van der Waals surface area contributed by atoms with Crippen molar-refractivity contribution in [1.29, 1.82) is 0 Å². The van der Waals surface area contributed by atoms with E-state index in [1.54, 1.807) is 10.7 Å². The van der Waals surface area contributed by atoms with Gasteiger partial charge < -0.3 is 10.1 Å². The van der Waals surface area contributed by atoms with Crippen LogP contribution in [0.4, 0.5) is 5.82 Å². The number of carbonyl (C=O) groups excluding carboxylic acids is 1.